The Labute approximate surface area is 190 Å². The molecule has 0 bridgehead atoms. The fourth-order valence-electron chi connectivity index (χ4n) is 3.94. The summed E-state index contributed by atoms with van der Waals surface area (Å²) in [5.74, 6) is -4.61. The first-order valence-electron chi connectivity index (χ1n) is 10.3. The smallest absolute Gasteiger partial charge is 0.329 e. The van der Waals surface area contributed by atoms with E-state index < -0.39 is 41.8 Å². The summed E-state index contributed by atoms with van der Waals surface area (Å²) in [6, 6.07) is 5.37. The number of aryl methyl sites for hydroxylation is 1. The van der Waals surface area contributed by atoms with E-state index in [0.29, 0.717) is 6.20 Å². The number of amides is 1. The molecule has 1 atom stereocenters. The largest absolute Gasteiger partial charge is 0.417 e. The Kier molecular flexibility index (Phi) is 6.28. The van der Waals surface area contributed by atoms with Gasteiger partial charge in [-0.3, -0.25) is 9.78 Å². The second kappa shape index (κ2) is 9.03. The number of carbonyl (C=O) groups excluding carboxylic acids is 1. The highest BCUT2D eigenvalue weighted by Crippen LogP contribution is 2.38. The number of aromatic nitrogens is 3. The van der Waals surface area contributed by atoms with Gasteiger partial charge in [-0.1, -0.05) is 0 Å². The molecule has 0 unspecified atom stereocenters. The van der Waals surface area contributed by atoms with Gasteiger partial charge in [0.05, 0.1) is 17.2 Å². The molecular formula is C23H18F6N4O. The summed E-state index contributed by atoms with van der Waals surface area (Å²) < 4.78 is 81.6. The lowest BCUT2D eigenvalue weighted by molar-refractivity contribution is -0.137. The minimum absolute atomic E-state index is 0.0695. The highest BCUT2D eigenvalue weighted by atomic mass is 19.4. The first-order chi connectivity index (χ1) is 16.1. The zero-order chi connectivity index (χ0) is 24.5. The van der Waals surface area contributed by atoms with Gasteiger partial charge in [-0.15, -0.1) is 0 Å². The van der Waals surface area contributed by atoms with Gasteiger partial charge in [0, 0.05) is 42.8 Å². The lowest BCUT2D eigenvalue weighted by Crippen LogP contribution is -2.43. The van der Waals surface area contributed by atoms with Gasteiger partial charge in [0.2, 0.25) is 0 Å². The summed E-state index contributed by atoms with van der Waals surface area (Å²) in [6.07, 6.45) is -1.93. The third-order valence-corrected chi connectivity index (χ3v) is 5.66. The maximum absolute atomic E-state index is 14.7. The summed E-state index contributed by atoms with van der Waals surface area (Å²) in [5.41, 5.74) is -0.708. The number of rotatable bonds is 5. The zero-order valence-electron chi connectivity index (χ0n) is 17.6. The molecule has 0 radical (unpaired) electrons. The lowest BCUT2D eigenvalue weighted by atomic mass is 10.0. The van der Waals surface area contributed by atoms with Gasteiger partial charge in [0.25, 0.3) is 11.8 Å². The molecule has 1 aromatic carbocycles. The van der Waals surface area contributed by atoms with E-state index >= 15 is 0 Å². The van der Waals surface area contributed by atoms with Crippen LogP contribution in [0.3, 0.4) is 0 Å². The molecule has 0 aliphatic carbocycles. The van der Waals surface area contributed by atoms with Crippen LogP contribution in [-0.2, 0) is 12.6 Å². The molecule has 3 heterocycles. The van der Waals surface area contributed by atoms with Crippen LogP contribution in [0.2, 0.25) is 0 Å². The van der Waals surface area contributed by atoms with Gasteiger partial charge < -0.3 is 4.90 Å². The molecular weight excluding hydrogens is 462 g/mol. The zero-order valence-corrected chi connectivity index (χ0v) is 17.6. The first kappa shape index (κ1) is 23.7. The van der Waals surface area contributed by atoms with E-state index in [1.807, 2.05) is 0 Å². The molecule has 178 valence electrons. The van der Waals surface area contributed by atoms with Crippen molar-refractivity contribution in [2.24, 2.45) is 0 Å². The number of carbonyl (C=O) groups is 1. The Morgan fingerprint density at radius 2 is 1.82 bits per heavy atom. The fourth-order valence-corrected chi connectivity index (χ4v) is 3.94. The number of nitrogens with zero attached hydrogens (tertiary/aromatic N) is 4. The van der Waals surface area contributed by atoms with E-state index in [-0.39, 0.29) is 42.0 Å². The van der Waals surface area contributed by atoms with Crippen molar-refractivity contribution < 1.29 is 31.1 Å². The van der Waals surface area contributed by atoms with Gasteiger partial charge in [0.1, 0.15) is 5.82 Å². The molecule has 34 heavy (non-hydrogen) atoms. The van der Waals surface area contributed by atoms with Crippen LogP contribution in [0.5, 0.6) is 0 Å². The number of hydrogen-bond donors (Lipinski definition) is 0. The summed E-state index contributed by atoms with van der Waals surface area (Å²) >= 11 is 0. The molecule has 1 aliphatic heterocycles. The predicted molar refractivity (Wildman–Crippen MR) is 109 cm³/mol. The summed E-state index contributed by atoms with van der Waals surface area (Å²) in [6.45, 7) is -0.261. The second-order valence-corrected chi connectivity index (χ2v) is 7.86. The Bertz CT molecular complexity index is 1170. The average molecular weight is 480 g/mol. The van der Waals surface area contributed by atoms with Gasteiger partial charge in [-0.05, 0) is 49.2 Å². The molecule has 2 aromatic heterocycles. The highest BCUT2D eigenvalue weighted by Gasteiger charge is 2.50. The molecule has 1 aliphatic rings. The van der Waals surface area contributed by atoms with Crippen LogP contribution in [0.4, 0.5) is 26.3 Å². The van der Waals surface area contributed by atoms with E-state index in [2.05, 4.69) is 15.0 Å². The minimum Gasteiger partial charge on any atom is -0.329 e. The Morgan fingerprint density at radius 1 is 1.09 bits per heavy atom. The first-order valence-corrected chi connectivity index (χ1v) is 10.3. The third kappa shape index (κ3) is 4.87. The van der Waals surface area contributed by atoms with Crippen molar-refractivity contribution in [3.8, 4) is 11.4 Å². The lowest BCUT2D eigenvalue weighted by Gasteiger charge is -2.28. The van der Waals surface area contributed by atoms with Crippen LogP contribution in [-0.4, -0.2) is 44.3 Å². The van der Waals surface area contributed by atoms with Crippen molar-refractivity contribution in [1.82, 2.24) is 19.9 Å². The van der Waals surface area contributed by atoms with Crippen LogP contribution in [0.15, 0.2) is 55.0 Å². The number of benzene rings is 1. The van der Waals surface area contributed by atoms with Crippen molar-refractivity contribution in [3.05, 3.63) is 77.6 Å². The second-order valence-electron chi connectivity index (χ2n) is 7.86. The Hall–Kier alpha value is -3.50. The van der Waals surface area contributed by atoms with E-state index in [1.54, 1.807) is 6.07 Å². The number of likely N-dealkylation sites (tertiary alicyclic amines) is 1. The number of halogens is 6. The van der Waals surface area contributed by atoms with Crippen LogP contribution in [0.1, 0.15) is 34.5 Å². The van der Waals surface area contributed by atoms with Crippen molar-refractivity contribution in [2.75, 3.05) is 6.54 Å². The number of alkyl halides is 5. The predicted octanol–water partition coefficient (Wildman–Crippen LogP) is 5.18. The molecule has 1 fully saturated rings. The van der Waals surface area contributed by atoms with Crippen molar-refractivity contribution in [1.29, 1.82) is 0 Å². The van der Waals surface area contributed by atoms with E-state index in [1.165, 1.54) is 18.5 Å². The normalized spacial score (nSPS) is 17.7. The van der Waals surface area contributed by atoms with Gasteiger partial charge in [-0.25, -0.2) is 23.1 Å². The maximum atomic E-state index is 14.7. The number of hydrogen-bond acceptors (Lipinski definition) is 4. The third-order valence-electron chi connectivity index (χ3n) is 5.66. The summed E-state index contributed by atoms with van der Waals surface area (Å²) in [5, 5.41) is 0. The van der Waals surface area contributed by atoms with Crippen LogP contribution in [0.25, 0.3) is 11.4 Å². The van der Waals surface area contributed by atoms with Crippen molar-refractivity contribution in [3.63, 3.8) is 0 Å². The average Bonchev–Trinajstić information content (AvgIpc) is 3.11. The van der Waals surface area contributed by atoms with E-state index in [0.717, 1.165) is 29.2 Å². The monoisotopic (exact) mass is 480 g/mol. The standard InChI is InChI=1S/C23H18F6N4O/c24-15-3-6-17(20-30-9-1-10-31-20)18(12-15)21(34)33-11-8-22(25,26)19(33)7-5-16-4-2-14(13-32-16)23(27,28)29/h1-4,6,9-10,12-13,19H,5,7-8,11H2/t19-/m1/s1. The van der Waals surface area contributed by atoms with Gasteiger partial charge in [0.15, 0.2) is 5.82 Å². The SMILES string of the molecule is O=C(c1cc(F)ccc1-c1ncccn1)N1CCC(F)(F)[C@H]1CCc1ccc(C(F)(F)F)cn1. The summed E-state index contributed by atoms with van der Waals surface area (Å²) in [7, 11) is 0. The number of pyridine rings is 1. The molecule has 5 nitrogen and oxygen atoms in total. The molecule has 0 saturated carbocycles. The quantitative estimate of drug-likeness (QED) is 0.473. The van der Waals surface area contributed by atoms with Gasteiger partial charge in [-0.2, -0.15) is 13.2 Å². The molecule has 4 rings (SSSR count). The van der Waals surface area contributed by atoms with Gasteiger partial charge >= 0.3 is 6.18 Å². The Balaban J connectivity index is 1.58. The molecule has 0 N–H and O–H groups in total. The summed E-state index contributed by atoms with van der Waals surface area (Å²) in [4.78, 5) is 26.1. The molecule has 1 saturated heterocycles. The molecule has 3 aromatic rings. The Morgan fingerprint density at radius 3 is 2.47 bits per heavy atom. The van der Waals surface area contributed by atoms with Crippen LogP contribution >= 0.6 is 0 Å². The van der Waals surface area contributed by atoms with Crippen molar-refractivity contribution >= 4 is 5.91 Å². The van der Waals surface area contributed by atoms with Crippen LogP contribution < -0.4 is 0 Å². The highest BCUT2D eigenvalue weighted by molar-refractivity contribution is 6.00. The van der Waals surface area contributed by atoms with E-state index in [4.69, 9.17) is 0 Å². The molecule has 1 amide bonds. The molecule has 0 spiro atoms. The van der Waals surface area contributed by atoms with Crippen molar-refractivity contribution in [2.45, 2.75) is 37.4 Å². The van der Waals surface area contributed by atoms with Crippen LogP contribution in [0, 0.1) is 5.82 Å². The van der Waals surface area contributed by atoms with E-state index in [9.17, 15) is 31.1 Å². The maximum Gasteiger partial charge on any atom is 0.417 e. The molecule has 11 heteroatoms. The topological polar surface area (TPSA) is 59.0 Å². The minimum atomic E-state index is -4.56. The fraction of sp³-hybridized carbons (Fsp3) is 0.304.